The summed E-state index contributed by atoms with van der Waals surface area (Å²) in [6.07, 6.45) is -9.49. The molecule has 0 aromatic heterocycles. The number of halogens is 6. The van der Waals surface area contributed by atoms with Crippen LogP contribution in [0, 0.1) is 0 Å². The summed E-state index contributed by atoms with van der Waals surface area (Å²) in [7, 11) is -6.01. The van der Waals surface area contributed by atoms with Crippen LogP contribution in [0.2, 0.25) is 0 Å². The van der Waals surface area contributed by atoms with Crippen molar-refractivity contribution in [3.63, 3.8) is 0 Å². The Morgan fingerprint density at radius 3 is 1.68 bits per heavy atom. The largest absolute Gasteiger partial charge is 0.472 e. The van der Waals surface area contributed by atoms with Crippen molar-refractivity contribution >= 4 is 19.4 Å². The SMILES string of the molecule is O=C1C=C(N2CC2)C(=O)C(N2CC2)=C1N1CC1.O=P(O)(O)OC(F)(C(F)F)C(F)(F)F. The number of hydrogen-bond acceptors (Lipinski definition) is 7. The number of allylic oxidation sites excluding steroid dienone is 1. The standard InChI is InChI=1S/C12H13N3O2.C3H3F6O4P/c16-9-7-8(13-1-2-13)12(17)11(15-5-6-15)10(9)14-3-4-14;4-1(5)2(6,3(7,8)9)13-14(10,11)12/h7H,1-6H2;1H,(H2,10,11,12). The zero-order valence-corrected chi connectivity index (χ0v) is 16.4. The summed E-state index contributed by atoms with van der Waals surface area (Å²) in [5.41, 5.74) is 1.89. The summed E-state index contributed by atoms with van der Waals surface area (Å²) in [6, 6.07) is 0. The Balaban J connectivity index is 0.000000181. The van der Waals surface area contributed by atoms with E-state index in [0.29, 0.717) is 17.1 Å². The second-order valence-electron chi connectivity index (χ2n) is 6.91. The molecule has 0 amide bonds. The molecule has 0 aromatic carbocycles. The Labute approximate surface area is 170 Å². The third kappa shape index (κ3) is 5.22. The van der Waals surface area contributed by atoms with Gasteiger partial charge in [-0.1, -0.05) is 0 Å². The predicted molar refractivity (Wildman–Crippen MR) is 88.9 cm³/mol. The van der Waals surface area contributed by atoms with Crippen molar-refractivity contribution in [3.8, 4) is 0 Å². The van der Waals surface area contributed by atoms with Crippen LogP contribution >= 0.6 is 7.82 Å². The van der Waals surface area contributed by atoms with Crippen LogP contribution in [-0.2, 0) is 18.7 Å². The van der Waals surface area contributed by atoms with Crippen LogP contribution in [0.4, 0.5) is 26.3 Å². The van der Waals surface area contributed by atoms with Crippen LogP contribution in [0.5, 0.6) is 0 Å². The fourth-order valence-corrected chi connectivity index (χ4v) is 3.19. The summed E-state index contributed by atoms with van der Waals surface area (Å²) in [6.45, 7) is 5.41. The topological polar surface area (TPSA) is 110 Å². The number of carbonyl (C=O) groups is 2. The summed E-state index contributed by atoms with van der Waals surface area (Å²) in [4.78, 5) is 46.0. The van der Waals surface area contributed by atoms with Crippen LogP contribution in [0.25, 0.3) is 0 Å². The number of ketones is 2. The molecular formula is C15H16F6N3O6P. The Hall–Kier alpha value is -2.09. The molecule has 3 saturated heterocycles. The molecule has 0 saturated carbocycles. The van der Waals surface area contributed by atoms with E-state index in [-0.39, 0.29) is 11.6 Å². The van der Waals surface area contributed by atoms with Gasteiger partial charge in [0.2, 0.25) is 11.6 Å². The van der Waals surface area contributed by atoms with Crippen LogP contribution < -0.4 is 0 Å². The average Bonchev–Trinajstić information content (AvgIpc) is 3.43. The normalized spacial score (nSPS) is 22.9. The van der Waals surface area contributed by atoms with E-state index in [1.54, 1.807) is 0 Å². The van der Waals surface area contributed by atoms with Crippen LogP contribution in [-0.4, -0.2) is 93.8 Å². The number of rotatable bonds is 6. The van der Waals surface area contributed by atoms with Crippen molar-refractivity contribution < 1.29 is 54.8 Å². The first kappa shape index (κ1) is 23.6. The van der Waals surface area contributed by atoms with E-state index >= 15 is 0 Å². The Bertz CT molecular complexity index is 890. The lowest BCUT2D eigenvalue weighted by molar-refractivity contribution is -0.344. The molecule has 2 N–H and O–H groups in total. The molecule has 31 heavy (non-hydrogen) atoms. The van der Waals surface area contributed by atoms with Gasteiger partial charge in [-0.3, -0.25) is 9.59 Å². The first-order valence-corrected chi connectivity index (χ1v) is 10.3. The average molecular weight is 479 g/mol. The lowest BCUT2D eigenvalue weighted by Crippen LogP contribution is -2.48. The van der Waals surface area contributed by atoms with Crippen molar-refractivity contribution in [2.75, 3.05) is 39.3 Å². The summed E-state index contributed by atoms with van der Waals surface area (Å²) >= 11 is 0. The number of Topliss-reactive ketones (excluding diaryl/α,β-unsaturated/α-hetero) is 1. The smallest absolute Gasteiger partial charge is 0.365 e. The quantitative estimate of drug-likeness (QED) is 0.247. The van der Waals surface area contributed by atoms with Gasteiger partial charge in [-0.05, 0) is 0 Å². The number of nitrogens with zero attached hydrogens (tertiary/aromatic N) is 3. The molecule has 0 aromatic rings. The zero-order chi connectivity index (χ0) is 23.4. The number of phosphoric acid groups is 1. The van der Waals surface area contributed by atoms with Crippen LogP contribution in [0.15, 0.2) is 23.2 Å². The lowest BCUT2D eigenvalue weighted by Gasteiger charge is -2.26. The molecule has 1 unspecified atom stereocenters. The molecule has 16 heteroatoms. The highest BCUT2D eigenvalue weighted by Gasteiger charge is 2.67. The number of phosphoric ester groups is 1. The second kappa shape index (κ2) is 7.80. The number of alkyl halides is 6. The molecule has 9 nitrogen and oxygen atoms in total. The van der Waals surface area contributed by atoms with Gasteiger partial charge in [0.25, 0.3) is 0 Å². The molecule has 4 rings (SSSR count). The highest BCUT2D eigenvalue weighted by molar-refractivity contribution is 7.46. The third-order valence-corrected chi connectivity index (χ3v) is 4.91. The van der Waals surface area contributed by atoms with E-state index in [9.17, 15) is 40.5 Å². The molecule has 3 aliphatic heterocycles. The Morgan fingerprint density at radius 2 is 1.35 bits per heavy atom. The molecule has 1 aliphatic carbocycles. The first-order valence-electron chi connectivity index (χ1n) is 8.75. The molecule has 3 heterocycles. The van der Waals surface area contributed by atoms with Gasteiger partial charge in [-0.15, -0.1) is 0 Å². The third-order valence-electron chi connectivity index (χ3n) is 4.41. The van der Waals surface area contributed by atoms with E-state index in [0.717, 1.165) is 39.3 Å². The van der Waals surface area contributed by atoms with Gasteiger partial charge in [-0.25, -0.2) is 17.9 Å². The van der Waals surface area contributed by atoms with E-state index in [1.165, 1.54) is 6.08 Å². The van der Waals surface area contributed by atoms with Crippen LogP contribution in [0.1, 0.15) is 0 Å². The second-order valence-corrected chi connectivity index (χ2v) is 8.07. The first-order chi connectivity index (χ1) is 14.2. The molecule has 174 valence electrons. The maximum atomic E-state index is 12.4. The van der Waals surface area contributed by atoms with Crippen molar-refractivity contribution in [2.24, 2.45) is 0 Å². The van der Waals surface area contributed by atoms with E-state index in [4.69, 9.17) is 9.79 Å². The van der Waals surface area contributed by atoms with Crippen LogP contribution in [0.3, 0.4) is 0 Å². The molecule has 3 fully saturated rings. The minimum absolute atomic E-state index is 0.00546. The molecule has 1 atom stereocenters. The highest BCUT2D eigenvalue weighted by Crippen LogP contribution is 2.50. The molecule has 0 bridgehead atoms. The van der Waals surface area contributed by atoms with Crippen molar-refractivity contribution in [1.29, 1.82) is 0 Å². The predicted octanol–water partition coefficient (Wildman–Crippen LogP) is 0.769. The molecular weight excluding hydrogens is 463 g/mol. The van der Waals surface area contributed by atoms with Gasteiger partial charge in [0, 0.05) is 45.3 Å². The van der Waals surface area contributed by atoms with Gasteiger partial charge in [0.1, 0.15) is 11.4 Å². The fraction of sp³-hybridized carbons (Fsp3) is 0.600. The zero-order valence-electron chi connectivity index (χ0n) is 15.5. The number of carbonyl (C=O) groups excluding carboxylic acids is 2. The Kier molecular flexibility index (Phi) is 5.93. The van der Waals surface area contributed by atoms with Crippen molar-refractivity contribution in [2.45, 2.75) is 18.5 Å². The van der Waals surface area contributed by atoms with Gasteiger partial charge >= 0.3 is 26.3 Å². The van der Waals surface area contributed by atoms with Gasteiger partial charge in [0.15, 0.2) is 0 Å². The maximum Gasteiger partial charge on any atom is 0.472 e. The maximum absolute atomic E-state index is 12.4. The number of hydrogen-bond donors (Lipinski definition) is 2. The van der Waals surface area contributed by atoms with Gasteiger partial charge < -0.3 is 24.5 Å². The highest BCUT2D eigenvalue weighted by atomic mass is 31.2. The van der Waals surface area contributed by atoms with E-state index in [2.05, 4.69) is 4.52 Å². The minimum atomic E-state index is -6.25. The van der Waals surface area contributed by atoms with Gasteiger partial charge in [0.05, 0.1) is 5.70 Å². The van der Waals surface area contributed by atoms with E-state index in [1.807, 2.05) is 14.7 Å². The molecule has 0 radical (unpaired) electrons. The van der Waals surface area contributed by atoms with Crippen molar-refractivity contribution in [3.05, 3.63) is 23.2 Å². The van der Waals surface area contributed by atoms with Gasteiger partial charge in [-0.2, -0.15) is 17.6 Å². The summed E-state index contributed by atoms with van der Waals surface area (Å²) < 4.78 is 82.3. The monoisotopic (exact) mass is 479 g/mol. The Morgan fingerprint density at radius 1 is 0.903 bits per heavy atom. The molecule has 0 spiro atoms. The summed E-state index contributed by atoms with van der Waals surface area (Å²) in [5, 5.41) is 0. The molecule has 4 aliphatic rings. The minimum Gasteiger partial charge on any atom is -0.365 e. The fourth-order valence-electron chi connectivity index (χ4n) is 2.66. The summed E-state index contributed by atoms with van der Waals surface area (Å²) in [5.74, 6) is -5.63. The van der Waals surface area contributed by atoms with Crippen molar-refractivity contribution in [1.82, 2.24) is 14.7 Å². The lowest BCUT2D eigenvalue weighted by atomic mass is 10.0. The van der Waals surface area contributed by atoms with E-state index < -0.39 is 26.3 Å².